The number of nitrogens with zero attached hydrogens (tertiary/aromatic N) is 1. The minimum atomic E-state index is 0. The van der Waals surface area contributed by atoms with E-state index in [-0.39, 0.29) is 13.5 Å². The molecule has 4 heteroatoms. The van der Waals surface area contributed by atoms with E-state index in [0.717, 1.165) is 32.6 Å². The Morgan fingerprint density at radius 1 is 1.38 bits per heavy atom. The molecule has 0 spiro atoms. The molecule has 13 heavy (non-hydrogen) atoms. The van der Waals surface area contributed by atoms with Crippen LogP contribution in [0.2, 0.25) is 0 Å². The zero-order valence-electron chi connectivity index (χ0n) is 8.62. The van der Waals surface area contributed by atoms with Gasteiger partial charge in [0.15, 0.2) is 0 Å². The van der Waals surface area contributed by atoms with Gasteiger partial charge in [-0.25, -0.2) is 0 Å². The minimum Gasteiger partial charge on any atom is -0.381 e. The summed E-state index contributed by atoms with van der Waals surface area (Å²) in [4.78, 5) is 2.15. The average molecular weight is 206 g/mol. The van der Waals surface area contributed by atoms with Gasteiger partial charge < -0.3 is 15.4 Å². The molecule has 1 atom stereocenters. The number of hydrogen-bond acceptors (Lipinski definition) is 3. The Hall–Kier alpha value is 0.230. The SMILES string of the molecule is CN(C)C[C@@H](N)C1CCOCC1.S. The van der Waals surface area contributed by atoms with Gasteiger partial charge in [-0.1, -0.05) is 0 Å². The third-order valence-corrected chi connectivity index (χ3v) is 2.45. The molecular formula is C9H22N2OS. The molecule has 1 aliphatic rings. The maximum absolute atomic E-state index is 6.05. The summed E-state index contributed by atoms with van der Waals surface area (Å²) in [6, 6.07) is 0.323. The normalized spacial score (nSPS) is 21.2. The quantitative estimate of drug-likeness (QED) is 0.727. The Morgan fingerprint density at radius 2 is 1.92 bits per heavy atom. The molecule has 80 valence electrons. The molecule has 0 aromatic rings. The van der Waals surface area contributed by atoms with Crippen LogP contribution in [0, 0.1) is 5.92 Å². The first-order chi connectivity index (χ1) is 5.70. The van der Waals surface area contributed by atoms with Gasteiger partial charge in [0, 0.05) is 25.8 Å². The van der Waals surface area contributed by atoms with Gasteiger partial charge in [0.25, 0.3) is 0 Å². The zero-order valence-corrected chi connectivity index (χ0v) is 9.62. The first-order valence-corrected chi connectivity index (χ1v) is 4.68. The number of ether oxygens (including phenoxy) is 1. The van der Waals surface area contributed by atoms with Gasteiger partial charge >= 0.3 is 0 Å². The highest BCUT2D eigenvalue weighted by molar-refractivity contribution is 7.59. The lowest BCUT2D eigenvalue weighted by Gasteiger charge is -2.29. The van der Waals surface area contributed by atoms with Crippen molar-refractivity contribution in [2.75, 3.05) is 33.9 Å². The van der Waals surface area contributed by atoms with Gasteiger partial charge in [-0.3, -0.25) is 0 Å². The lowest BCUT2D eigenvalue weighted by Crippen LogP contribution is -2.41. The fourth-order valence-corrected chi connectivity index (χ4v) is 1.71. The van der Waals surface area contributed by atoms with Crippen LogP contribution < -0.4 is 5.73 Å². The second-order valence-corrected chi connectivity index (χ2v) is 3.88. The molecule has 0 radical (unpaired) electrons. The largest absolute Gasteiger partial charge is 0.381 e. The van der Waals surface area contributed by atoms with Crippen LogP contribution in [0.4, 0.5) is 0 Å². The topological polar surface area (TPSA) is 38.5 Å². The highest BCUT2D eigenvalue weighted by atomic mass is 32.1. The molecule has 0 aromatic heterocycles. The second kappa shape index (κ2) is 6.65. The molecule has 0 aliphatic carbocycles. The second-order valence-electron chi connectivity index (χ2n) is 3.88. The predicted octanol–water partition coefficient (Wildman–Crippen LogP) is 0.415. The Balaban J connectivity index is 0.00000144. The Kier molecular flexibility index (Phi) is 6.77. The van der Waals surface area contributed by atoms with Gasteiger partial charge in [-0.15, -0.1) is 0 Å². The maximum atomic E-state index is 6.05. The predicted molar refractivity (Wildman–Crippen MR) is 60.5 cm³/mol. The van der Waals surface area contributed by atoms with Gasteiger partial charge in [-0.2, -0.15) is 13.5 Å². The van der Waals surface area contributed by atoms with E-state index in [9.17, 15) is 0 Å². The Bertz CT molecular complexity index is 127. The number of likely N-dealkylation sites (N-methyl/N-ethyl adjacent to an activating group) is 1. The summed E-state index contributed by atoms with van der Waals surface area (Å²) in [5, 5.41) is 0. The molecule has 0 amide bonds. The molecule has 1 fully saturated rings. The fraction of sp³-hybridized carbons (Fsp3) is 1.00. The van der Waals surface area contributed by atoms with Crippen LogP contribution >= 0.6 is 13.5 Å². The van der Waals surface area contributed by atoms with Crippen LogP contribution in [0.3, 0.4) is 0 Å². The zero-order chi connectivity index (χ0) is 8.97. The van der Waals surface area contributed by atoms with E-state index in [2.05, 4.69) is 19.0 Å². The first kappa shape index (κ1) is 13.2. The molecule has 1 heterocycles. The first-order valence-electron chi connectivity index (χ1n) is 4.68. The summed E-state index contributed by atoms with van der Waals surface area (Å²) in [5.74, 6) is 0.668. The lowest BCUT2D eigenvalue weighted by atomic mass is 9.92. The van der Waals surface area contributed by atoms with Gasteiger partial charge in [-0.05, 0) is 32.9 Å². The Labute approximate surface area is 88.1 Å². The van der Waals surface area contributed by atoms with Gasteiger partial charge in [0.05, 0.1) is 0 Å². The van der Waals surface area contributed by atoms with E-state index in [4.69, 9.17) is 10.5 Å². The summed E-state index contributed by atoms with van der Waals surface area (Å²) in [5.41, 5.74) is 6.05. The van der Waals surface area contributed by atoms with Crippen LogP contribution in [-0.4, -0.2) is 44.8 Å². The van der Waals surface area contributed by atoms with Crippen LogP contribution in [0.5, 0.6) is 0 Å². The van der Waals surface area contributed by atoms with Crippen molar-refractivity contribution in [1.29, 1.82) is 0 Å². The molecule has 0 unspecified atom stereocenters. The maximum Gasteiger partial charge on any atom is 0.0469 e. The molecule has 2 N–H and O–H groups in total. The molecular weight excluding hydrogens is 184 g/mol. The third-order valence-electron chi connectivity index (χ3n) is 2.45. The average Bonchev–Trinajstić information content (AvgIpc) is 2.05. The van der Waals surface area contributed by atoms with E-state index in [1.165, 1.54) is 0 Å². The summed E-state index contributed by atoms with van der Waals surface area (Å²) in [6.07, 6.45) is 2.27. The highest BCUT2D eigenvalue weighted by Crippen LogP contribution is 2.17. The third kappa shape index (κ3) is 4.86. The van der Waals surface area contributed by atoms with E-state index in [0.29, 0.717) is 12.0 Å². The summed E-state index contributed by atoms with van der Waals surface area (Å²) in [7, 11) is 4.14. The van der Waals surface area contributed by atoms with Crippen molar-refractivity contribution < 1.29 is 4.74 Å². The van der Waals surface area contributed by atoms with E-state index < -0.39 is 0 Å². The molecule has 1 rings (SSSR count). The molecule has 1 saturated heterocycles. The van der Waals surface area contributed by atoms with Crippen molar-refractivity contribution >= 4 is 13.5 Å². The summed E-state index contributed by atoms with van der Waals surface area (Å²) >= 11 is 0. The molecule has 3 nitrogen and oxygen atoms in total. The van der Waals surface area contributed by atoms with Crippen LogP contribution in [0.15, 0.2) is 0 Å². The highest BCUT2D eigenvalue weighted by Gasteiger charge is 2.20. The van der Waals surface area contributed by atoms with Crippen molar-refractivity contribution in [2.45, 2.75) is 18.9 Å². The van der Waals surface area contributed by atoms with Crippen molar-refractivity contribution in [1.82, 2.24) is 4.90 Å². The summed E-state index contributed by atoms with van der Waals surface area (Å²) < 4.78 is 5.29. The lowest BCUT2D eigenvalue weighted by molar-refractivity contribution is 0.0554. The summed E-state index contributed by atoms with van der Waals surface area (Å²) in [6.45, 7) is 2.78. The fourth-order valence-electron chi connectivity index (χ4n) is 1.71. The van der Waals surface area contributed by atoms with E-state index >= 15 is 0 Å². The van der Waals surface area contributed by atoms with E-state index in [1.807, 2.05) is 0 Å². The van der Waals surface area contributed by atoms with Crippen LogP contribution in [0.1, 0.15) is 12.8 Å². The van der Waals surface area contributed by atoms with Crippen molar-refractivity contribution in [3.63, 3.8) is 0 Å². The van der Waals surface area contributed by atoms with E-state index in [1.54, 1.807) is 0 Å². The molecule has 0 aromatic carbocycles. The van der Waals surface area contributed by atoms with Crippen LogP contribution in [-0.2, 0) is 4.74 Å². The smallest absolute Gasteiger partial charge is 0.0469 e. The minimum absolute atomic E-state index is 0. The van der Waals surface area contributed by atoms with Gasteiger partial charge in [0.1, 0.15) is 0 Å². The molecule has 1 aliphatic heterocycles. The van der Waals surface area contributed by atoms with Gasteiger partial charge in [0.2, 0.25) is 0 Å². The monoisotopic (exact) mass is 206 g/mol. The number of rotatable bonds is 3. The number of hydrogen-bond donors (Lipinski definition) is 1. The van der Waals surface area contributed by atoms with Crippen molar-refractivity contribution in [2.24, 2.45) is 11.7 Å². The number of nitrogens with two attached hydrogens (primary N) is 1. The van der Waals surface area contributed by atoms with Crippen molar-refractivity contribution in [3.8, 4) is 0 Å². The molecule has 0 saturated carbocycles. The van der Waals surface area contributed by atoms with Crippen LogP contribution in [0.25, 0.3) is 0 Å². The Morgan fingerprint density at radius 3 is 2.38 bits per heavy atom. The standard InChI is InChI=1S/C9H20N2O.H2S/c1-11(2)7-9(10)8-3-5-12-6-4-8;/h8-9H,3-7,10H2,1-2H3;1H2/t9-;/m1./s1. The molecule has 0 bridgehead atoms. The van der Waals surface area contributed by atoms with Crippen molar-refractivity contribution in [3.05, 3.63) is 0 Å².